The molecule has 1 saturated heterocycles. The molecule has 1 aliphatic heterocycles. The number of benzene rings is 3. The molecule has 33 heavy (non-hydrogen) atoms. The molecule has 1 unspecified atom stereocenters. The summed E-state index contributed by atoms with van der Waals surface area (Å²) in [6, 6.07) is 17.4. The molecule has 3 aromatic carbocycles. The van der Waals surface area contributed by atoms with Crippen molar-refractivity contribution in [2.75, 3.05) is 18.4 Å². The maximum Gasteiger partial charge on any atom is 0.255 e. The summed E-state index contributed by atoms with van der Waals surface area (Å²) in [6.45, 7) is 4.85. The second-order valence-electron chi connectivity index (χ2n) is 8.70. The first-order valence-electron chi connectivity index (χ1n) is 11.0. The average molecular weight is 468 g/mol. The fourth-order valence-electron chi connectivity index (χ4n) is 4.43. The van der Waals surface area contributed by atoms with Gasteiger partial charge in [0.1, 0.15) is 5.72 Å². The molecule has 1 fully saturated rings. The highest BCUT2D eigenvalue weighted by Crippen LogP contribution is 2.32. The number of carbonyl (C=O) groups excluding carboxylic acids is 1. The van der Waals surface area contributed by atoms with E-state index in [0.717, 1.165) is 18.7 Å². The summed E-state index contributed by atoms with van der Waals surface area (Å²) in [5, 5.41) is 18.2. The van der Waals surface area contributed by atoms with Gasteiger partial charge < -0.3 is 15.7 Å². The lowest BCUT2D eigenvalue weighted by molar-refractivity contribution is -0.0235. The quantitative estimate of drug-likeness (QED) is 0.416. The van der Waals surface area contributed by atoms with E-state index in [9.17, 15) is 18.3 Å². The lowest BCUT2D eigenvalue weighted by Crippen LogP contribution is -2.53. The van der Waals surface area contributed by atoms with E-state index in [2.05, 4.69) is 15.4 Å². The van der Waals surface area contributed by atoms with Gasteiger partial charge in [0.25, 0.3) is 5.91 Å². The van der Waals surface area contributed by atoms with Gasteiger partial charge in [-0.2, -0.15) is 4.72 Å². The molecule has 0 bridgehead atoms. The summed E-state index contributed by atoms with van der Waals surface area (Å²) in [5.74, 6) is -0.451. The summed E-state index contributed by atoms with van der Waals surface area (Å²) < 4.78 is 29.2. The molecule has 4 rings (SSSR count). The third-order valence-electron chi connectivity index (χ3n) is 6.29. The Labute approximate surface area is 194 Å². The Morgan fingerprint density at radius 3 is 2.33 bits per heavy atom. The van der Waals surface area contributed by atoms with Gasteiger partial charge in [0.2, 0.25) is 10.0 Å². The number of aliphatic hydroxyl groups is 1. The van der Waals surface area contributed by atoms with Crippen LogP contribution in [0.25, 0.3) is 10.8 Å². The van der Waals surface area contributed by atoms with E-state index < -0.39 is 15.7 Å². The van der Waals surface area contributed by atoms with Gasteiger partial charge in [-0.05, 0) is 63.5 Å². The summed E-state index contributed by atoms with van der Waals surface area (Å²) in [4.78, 5) is 12.9. The summed E-state index contributed by atoms with van der Waals surface area (Å²) >= 11 is 0. The number of amides is 1. The van der Waals surface area contributed by atoms with E-state index in [-0.39, 0.29) is 16.7 Å². The average Bonchev–Trinajstić information content (AvgIpc) is 2.79. The SMILES string of the molecule is Cc1ccccc1C(=O)Nc1ccc(S(=O)(=O)NC(C)(O)C2CCNCC2)c2ccccc12. The number of aryl methyl sites for hydroxylation is 1. The number of rotatable bonds is 6. The minimum atomic E-state index is -4.03. The lowest BCUT2D eigenvalue weighted by Gasteiger charge is -2.36. The Kier molecular flexibility index (Phi) is 6.54. The van der Waals surface area contributed by atoms with Crippen LogP contribution in [0.2, 0.25) is 0 Å². The molecule has 1 amide bonds. The standard InChI is InChI=1S/C25H29N3O4S/c1-17-7-3-4-8-19(17)24(29)27-22-11-12-23(21-10-6-5-9-20(21)22)33(31,32)28-25(2,30)18-13-15-26-16-14-18/h3-12,18,26,28,30H,13-16H2,1-2H3,(H,27,29). The first-order chi connectivity index (χ1) is 15.7. The van der Waals surface area contributed by atoms with Crippen molar-refractivity contribution >= 4 is 32.4 Å². The van der Waals surface area contributed by atoms with E-state index >= 15 is 0 Å². The zero-order valence-corrected chi connectivity index (χ0v) is 19.6. The van der Waals surface area contributed by atoms with Crippen molar-refractivity contribution in [1.82, 2.24) is 10.0 Å². The zero-order valence-electron chi connectivity index (χ0n) is 18.8. The maximum absolute atomic E-state index is 13.3. The van der Waals surface area contributed by atoms with Gasteiger partial charge in [-0.1, -0.05) is 42.5 Å². The second kappa shape index (κ2) is 9.23. The molecule has 3 aromatic rings. The fourth-order valence-corrected chi connectivity index (χ4v) is 5.96. The van der Waals surface area contributed by atoms with Crippen LogP contribution in [0.15, 0.2) is 65.6 Å². The first-order valence-corrected chi connectivity index (χ1v) is 12.5. The van der Waals surface area contributed by atoms with Gasteiger partial charge in [-0.15, -0.1) is 0 Å². The molecule has 7 nitrogen and oxygen atoms in total. The van der Waals surface area contributed by atoms with Crippen LogP contribution >= 0.6 is 0 Å². The van der Waals surface area contributed by atoms with Crippen LogP contribution in [-0.4, -0.2) is 38.2 Å². The highest BCUT2D eigenvalue weighted by Gasteiger charge is 2.37. The van der Waals surface area contributed by atoms with Gasteiger partial charge in [-0.25, -0.2) is 8.42 Å². The Morgan fingerprint density at radius 2 is 1.64 bits per heavy atom. The Bertz CT molecular complexity index is 1280. The summed E-state index contributed by atoms with van der Waals surface area (Å²) in [6.07, 6.45) is 1.36. The maximum atomic E-state index is 13.3. The number of hydrogen-bond donors (Lipinski definition) is 4. The van der Waals surface area contributed by atoms with Crippen LogP contribution in [0, 0.1) is 12.8 Å². The van der Waals surface area contributed by atoms with Crippen LogP contribution in [0.4, 0.5) is 5.69 Å². The molecule has 1 heterocycles. The number of sulfonamides is 1. The number of nitrogens with one attached hydrogen (secondary N) is 3. The van der Waals surface area contributed by atoms with Gasteiger partial charge in [0.05, 0.1) is 4.90 Å². The zero-order chi connectivity index (χ0) is 23.6. The molecule has 0 radical (unpaired) electrons. The Hall–Kier alpha value is -2.78. The molecule has 1 aliphatic rings. The normalized spacial score (nSPS) is 16.9. The molecular formula is C25H29N3O4S. The van der Waals surface area contributed by atoms with E-state index in [1.54, 1.807) is 42.5 Å². The van der Waals surface area contributed by atoms with E-state index in [1.165, 1.54) is 13.0 Å². The molecule has 0 aliphatic carbocycles. The third kappa shape index (κ3) is 4.94. The van der Waals surface area contributed by atoms with Crippen molar-refractivity contribution in [2.45, 2.75) is 37.3 Å². The predicted molar refractivity (Wildman–Crippen MR) is 130 cm³/mol. The lowest BCUT2D eigenvalue weighted by atomic mass is 9.89. The van der Waals surface area contributed by atoms with Crippen molar-refractivity contribution in [2.24, 2.45) is 5.92 Å². The van der Waals surface area contributed by atoms with Gasteiger partial charge in [0.15, 0.2) is 0 Å². The summed E-state index contributed by atoms with van der Waals surface area (Å²) in [5.41, 5.74) is 0.350. The molecule has 1 atom stereocenters. The molecule has 4 N–H and O–H groups in total. The fraction of sp³-hybridized carbons (Fsp3) is 0.320. The van der Waals surface area contributed by atoms with Crippen LogP contribution < -0.4 is 15.4 Å². The Morgan fingerprint density at radius 1 is 1.00 bits per heavy atom. The number of fused-ring (bicyclic) bond motifs is 1. The van der Waals surface area contributed by atoms with Crippen molar-refractivity contribution in [3.8, 4) is 0 Å². The number of piperidine rings is 1. The highest BCUT2D eigenvalue weighted by atomic mass is 32.2. The van der Waals surface area contributed by atoms with Crippen molar-refractivity contribution < 1.29 is 18.3 Å². The Balaban J connectivity index is 1.67. The van der Waals surface area contributed by atoms with Crippen molar-refractivity contribution in [3.05, 3.63) is 71.8 Å². The van der Waals surface area contributed by atoms with E-state index in [4.69, 9.17) is 0 Å². The molecule has 0 spiro atoms. The predicted octanol–water partition coefficient (Wildman–Crippen LogP) is 3.39. The second-order valence-corrected chi connectivity index (χ2v) is 10.4. The van der Waals surface area contributed by atoms with Crippen molar-refractivity contribution in [1.29, 1.82) is 0 Å². The van der Waals surface area contributed by atoms with Crippen LogP contribution in [-0.2, 0) is 10.0 Å². The number of carbonyl (C=O) groups is 1. The monoisotopic (exact) mass is 467 g/mol. The minimum absolute atomic E-state index is 0.0567. The minimum Gasteiger partial charge on any atom is -0.375 e. The third-order valence-corrected chi connectivity index (χ3v) is 7.90. The van der Waals surface area contributed by atoms with Gasteiger partial charge in [0, 0.05) is 27.9 Å². The molecule has 8 heteroatoms. The smallest absolute Gasteiger partial charge is 0.255 e. The van der Waals surface area contributed by atoms with E-state index in [1.807, 2.05) is 19.1 Å². The summed E-state index contributed by atoms with van der Waals surface area (Å²) in [7, 11) is -4.03. The topological polar surface area (TPSA) is 108 Å². The van der Waals surface area contributed by atoms with E-state index in [0.29, 0.717) is 34.9 Å². The van der Waals surface area contributed by atoms with Crippen LogP contribution in [0.3, 0.4) is 0 Å². The number of hydrogen-bond acceptors (Lipinski definition) is 5. The van der Waals surface area contributed by atoms with Crippen LogP contribution in [0.1, 0.15) is 35.7 Å². The largest absolute Gasteiger partial charge is 0.375 e. The molecule has 0 saturated carbocycles. The number of anilines is 1. The highest BCUT2D eigenvalue weighted by molar-refractivity contribution is 7.89. The van der Waals surface area contributed by atoms with Crippen LogP contribution in [0.5, 0.6) is 0 Å². The van der Waals surface area contributed by atoms with Gasteiger partial charge >= 0.3 is 0 Å². The first kappa shape index (κ1) is 23.4. The molecule has 0 aromatic heterocycles. The molecule has 174 valence electrons. The van der Waals surface area contributed by atoms with Gasteiger partial charge in [-0.3, -0.25) is 4.79 Å². The molecular weight excluding hydrogens is 438 g/mol. The van der Waals surface area contributed by atoms with Crippen molar-refractivity contribution in [3.63, 3.8) is 0 Å².